The quantitative estimate of drug-likeness (QED) is 0.788. The summed E-state index contributed by atoms with van der Waals surface area (Å²) in [6.07, 6.45) is -4.13. The Kier molecular flexibility index (Phi) is 5.58. The number of methoxy groups -OCH3 is 1. The molecule has 3 rings (SSSR count). The number of para-hydroxylation sites is 1. The summed E-state index contributed by atoms with van der Waals surface area (Å²) >= 11 is 0. The third-order valence-electron chi connectivity index (χ3n) is 4.73. The van der Waals surface area contributed by atoms with Gasteiger partial charge in [-0.15, -0.1) is 0 Å². The van der Waals surface area contributed by atoms with E-state index in [0.29, 0.717) is 6.42 Å². The number of halogens is 3. The van der Waals surface area contributed by atoms with Gasteiger partial charge in [0.25, 0.3) is 0 Å². The maximum atomic E-state index is 13.2. The Hall–Kier alpha value is -3.03. The average Bonchev–Trinajstić information content (AvgIpc) is 2.67. The second-order valence-corrected chi connectivity index (χ2v) is 6.41. The van der Waals surface area contributed by atoms with Crippen LogP contribution in [0.3, 0.4) is 0 Å². The zero-order valence-electron chi connectivity index (χ0n) is 15.1. The van der Waals surface area contributed by atoms with Crippen LogP contribution in [0.1, 0.15) is 29.2 Å². The summed E-state index contributed by atoms with van der Waals surface area (Å²) in [6, 6.07) is 10.9. The van der Waals surface area contributed by atoms with E-state index in [0.717, 1.165) is 17.2 Å². The molecule has 0 bridgehead atoms. The molecule has 2 aromatic rings. The van der Waals surface area contributed by atoms with Crippen molar-refractivity contribution in [2.45, 2.75) is 25.1 Å². The fourth-order valence-electron chi connectivity index (χ4n) is 3.38. The number of nitrogens with one attached hydrogen (secondary N) is 1. The topological polar surface area (TPSA) is 58.6 Å². The van der Waals surface area contributed by atoms with Crippen molar-refractivity contribution in [1.82, 2.24) is 4.90 Å². The third kappa shape index (κ3) is 4.11. The molecule has 8 heteroatoms. The number of rotatable bonds is 3. The van der Waals surface area contributed by atoms with Crippen molar-refractivity contribution in [2.24, 2.45) is 0 Å². The van der Waals surface area contributed by atoms with Crippen molar-refractivity contribution in [3.63, 3.8) is 0 Å². The molecule has 5 nitrogen and oxygen atoms in total. The number of anilines is 1. The lowest BCUT2D eigenvalue weighted by atomic mass is 9.91. The van der Waals surface area contributed by atoms with Gasteiger partial charge in [0.15, 0.2) is 0 Å². The zero-order valence-corrected chi connectivity index (χ0v) is 15.1. The van der Waals surface area contributed by atoms with Crippen molar-refractivity contribution in [2.75, 3.05) is 19.0 Å². The van der Waals surface area contributed by atoms with Crippen molar-refractivity contribution in [1.29, 1.82) is 0 Å². The van der Waals surface area contributed by atoms with Gasteiger partial charge in [0.05, 0.1) is 30.8 Å². The number of nitrogens with zero attached hydrogens (tertiary/aromatic N) is 1. The molecule has 1 N–H and O–H groups in total. The first-order valence-corrected chi connectivity index (χ1v) is 8.69. The number of ether oxygens (including phenoxy) is 1. The molecule has 0 saturated carbocycles. The lowest BCUT2D eigenvalue weighted by molar-refractivity contribution is -0.142. The van der Waals surface area contributed by atoms with Crippen molar-refractivity contribution >= 4 is 17.7 Å². The SMILES string of the molecule is COC(=O)CC1c2ccccc2CCN1C(=O)Nc1ccccc1C(F)(F)F. The minimum atomic E-state index is -4.59. The summed E-state index contributed by atoms with van der Waals surface area (Å²) in [5, 5.41) is 2.35. The van der Waals surface area contributed by atoms with E-state index in [1.165, 1.54) is 30.2 Å². The predicted molar refractivity (Wildman–Crippen MR) is 96.7 cm³/mol. The van der Waals surface area contributed by atoms with E-state index in [4.69, 9.17) is 4.74 Å². The number of alkyl halides is 3. The van der Waals surface area contributed by atoms with Crippen LogP contribution in [-0.2, 0) is 22.1 Å². The highest BCUT2D eigenvalue weighted by molar-refractivity contribution is 5.91. The maximum Gasteiger partial charge on any atom is 0.418 e. The molecule has 0 radical (unpaired) electrons. The van der Waals surface area contributed by atoms with E-state index >= 15 is 0 Å². The summed E-state index contributed by atoms with van der Waals surface area (Å²) in [7, 11) is 1.25. The fourth-order valence-corrected chi connectivity index (χ4v) is 3.38. The number of carbonyl (C=O) groups is 2. The molecule has 0 fully saturated rings. The monoisotopic (exact) mass is 392 g/mol. The van der Waals surface area contributed by atoms with Crippen LogP contribution < -0.4 is 5.32 Å². The normalized spacial score (nSPS) is 16.3. The largest absolute Gasteiger partial charge is 0.469 e. The predicted octanol–water partition coefficient (Wildman–Crippen LogP) is 4.40. The van der Waals surface area contributed by atoms with Gasteiger partial charge in [0.1, 0.15) is 0 Å². The van der Waals surface area contributed by atoms with Crippen LogP contribution in [-0.4, -0.2) is 30.6 Å². The highest BCUT2D eigenvalue weighted by Crippen LogP contribution is 2.36. The molecule has 0 aromatic heterocycles. The Morgan fingerprint density at radius 3 is 2.54 bits per heavy atom. The Bertz CT molecular complexity index is 883. The van der Waals surface area contributed by atoms with E-state index in [-0.39, 0.29) is 18.7 Å². The summed E-state index contributed by atoms with van der Waals surface area (Å²) in [5.41, 5.74) is 0.538. The minimum absolute atomic E-state index is 0.0815. The minimum Gasteiger partial charge on any atom is -0.469 e. The molecule has 1 aliphatic rings. The number of fused-ring (bicyclic) bond motifs is 1. The molecule has 1 atom stereocenters. The summed E-state index contributed by atoms with van der Waals surface area (Å²) in [5.74, 6) is -0.504. The summed E-state index contributed by atoms with van der Waals surface area (Å²) in [4.78, 5) is 26.1. The zero-order chi connectivity index (χ0) is 20.3. The first-order chi connectivity index (χ1) is 13.3. The Labute approximate surface area is 160 Å². The number of esters is 1. The van der Waals surface area contributed by atoms with Gasteiger partial charge >= 0.3 is 18.2 Å². The highest BCUT2D eigenvalue weighted by Gasteiger charge is 2.36. The van der Waals surface area contributed by atoms with E-state index in [9.17, 15) is 22.8 Å². The van der Waals surface area contributed by atoms with Crippen molar-refractivity contribution in [3.05, 3.63) is 65.2 Å². The molecule has 0 aliphatic carbocycles. The molecule has 2 amide bonds. The van der Waals surface area contributed by atoms with Crippen molar-refractivity contribution < 1.29 is 27.5 Å². The lowest BCUT2D eigenvalue weighted by Crippen LogP contribution is -2.43. The van der Waals surface area contributed by atoms with Gasteiger partial charge in [-0.3, -0.25) is 4.79 Å². The van der Waals surface area contributed by atoms with Crippen LogP contribution in [0.4, 0.5) is 23.7 Å². The first kappa shape index (κ1) is 19.7. The van der Waals surface area contributed by atoms with Gasteiger partial charge in [0, 0.05) is 6.54 Å². The van der Waals surface area contributed by atoms with Crippen LogP contribution in [0.15, 0.2) is 48.5 Å². The van der Waals surface area contributed by atoms with Gasteiger partial charge in [0.2, 0.25) is 0 Å². The lowest BCUT2D eigenvalue weighted by Gasteiger charge is -2.37. The number of hydrogen-bond donors (Lipinski definition) is 1. The number of benzene rings is 2. The van der Waals surface area contributed by atoms with Gasteiger partial charge in [-0.05, 0) is 29.7 Å². The molecule has 148 valence electrons. The molecule has 1 heterocycles. The summed E-state index contributed by atoms with van der Waals surface area (Å²) in [6.45, 7) is 0.276. The molecular formula is C20H19F3N2O3. The standard InChI is InChI=1S/C20H19F3N2O3/c1-28-18(26)12-17-14-7-3-2-6-13(14)10-11-25(17)19(27)24-16-9-5-4-8-15(16)20(21,22)23/h2-9,17H,10-12H2,1H3,(H,24,27). The van der Waals surface area contributed by atoms with Gasteiger partial charge in [-0.2, -0.15) is 13.2 Å². The number of amides is 2. The molecule has 1 unspecified atom stereocenters. The molecular weight excluding hydrogens is 373 g/mol. The second-order valence-electron chi connectivity index (χ2n) is 6.41. The highest BCUT2D eigenvalue weighted by atomic mass is 19.4. The molecule has 1 aliphatic heterocycles. The Balaban J connectivity index is 1.89. The Morgan fingerprint density at radius 1 is 1.14 bits per heavy atom. The van der Waals surface area contributed by atoms with Crippen LogP contribution in [0.25, 0.3) is 0 Å². The van der Waals surface area contributed by atoms with Crippen LogP contribution in [0, 0.1) is 0 Å². The van der Waals surface area contributed by atoms with Gasteiger partial charge in [-0.25, -0.2) is 4.79 Å². The smallest absolute Gasteiger partial charge is 0.418 e. The van der Waals surface area contributed by atoms with E-state index < -0.39 is 29.8 Å². The number of hydrogen-bond acceptors (Lipinski definition) is 3. The van der Waals surface area contributed by atoms with E-state index in [2.05, 4.69) is 5.32 Å². The first-order valence-electron chi connectivity index (χ1n) is 8.69. The molecule has 0 saturated heterocycles. The van der Waals surface area contributed by atoms with Crippen LogP contribution in [0.5, 0.6) is 0 Å². The molecule has 28 heavy (non-hydrogen) atoms. The van der Waals surface area contributed by atoms with Crippen LogP contribution >= 0.6 is 0 Å². The number of urea groups is 1. The van der Waals surface area contributed by atoms with Gasteiger partial charge < -0.3 is 15.0 Å². The molecule has 2 aromatic carbocycles. The molecule has 0 spiro atoms. The van der Waals surface area contributed by atoms with E-state index in [1.807, 2.05) is 18.2 Å². The second kappa shape index (κ2) is 7.92. The Morgan fingerprint density at radius 2 is 1.82 bits per heavy atom. The summed E-state index contributed by atoms with van der Waals surface area (Å²) < 4.78 is 44.4. The number of carbonyl (C=O) groups excluding carboxylic acids is 2. The maximum absolute atomic E-state index is 13.2. The van der Waals surface area contributed by atoms with Crippen molar-refractivity contribution in [3.8, 4) is 0 Å². The third-order valence-corrected chi connectivity index (χ3v) is 4.73. The van der Waals surface area contributed by atoms with Gasteiger partial charge in [-0.1, -0.05) is 36.4 Å². The average molecular weight is 392 g/mol. The fraction of sp³-hybridized carbons (Fsp3) is 0.300. The van der Waals surface area contributed by atoms with E-state index in [1.54, 1.807) is 6.07 Å². The van der Waals surface area contributed by atoms with Crippen LogP contribution in [0.2, 0.25) is 0 Å².